The van der Waals surface area contributed by atoms with Crippen LogP contribution in [0.3, 0.4) is 0 Å². The zero-order chi connectivity index (χ0) is 36.6. The predicted molar refractivity (Wildman–Crippen MR) is 221 cm³/mol. The summed E-state index contributed by atoms with van der Waals surface area (Å²) in [6.07, 6.45) is 3.68. The molecular weight excluding hydrogens is 671 g/mol. The average Bonchev–Trinajstić information content (AvgIpc) is 3.61. The van der Waals surface area contributed by atoms with Crippen LogP contribution in [0.15, 0.2) is 194 Å². The Balaban J connectivity index is 1.02. The monoisotopic (exact) mass is 703 g/mol. The maximum absolute atomic E-state index is 5.09. The van der Waals surface area contributed by atoms with Crippen LogP contribution in [0, 0.1) is 0 Å². The number of hydrogen-bond donors (Lipinski definition) is 0. The van der Waals surface area contributed by atoms with Crippen molar-refractivity contribution < 1.29 is 0 Å². The van der Waals surface area contributed by atoms with Crippen LogP contribution in [0.4, 0.5) is 0 Å². The Morgan fingerprint density at radius 1 is 0.327 bits per heavy atom. The Kier molecular flexibility index (Phi) is 8.15. The summed E-state index contributed by atoms with van der Waals surface area (Å²) in [5.74, 6) is 0.867. The standard InChI is InChI=1S/C50H33N5/c1-3-13-34(14-4-1)45-31-46(55-50(54-45)36-15-5-2-6-16-36)37-26-27-44(52-32-37)48-30-38(29-47(53-48)43-21-11-12-28-51-43)33-22-24-35(25-23-33)49-41-19-9-7-17-39(41)40-18-8-10-20-42(40)49/h1-32,49H. The number of fused-ring (bicyclic) bond motifs is 3. The van der Waals surface area contributed by atoms with Crippen LogP contribution in [0.25, 0.3) is 78.9 Å². The maximum Gasteiger partial charge on any atom is 0.160 e. The number of aromatic nitrogens is 5. The van der Waals surface area contributed by atoms with E-state index in [2.05, 4.69) is 108 Å². The molecule has 55 heavy (non-hydrogen) atoms. The van der Waals surface area contributed by atoms with Gasteiger partial charge in [-0.25, -0.2) is 15.0 Å². The third-order valence-electron chi connectivity index (χ3n) is 10.3. The molecule has 5 aromatic carbocycles. The van der Waals surface area contributed by atoms with Gasteiger partial charge in [-0.3, -0.25) is 9.97 Å². The van der Waals surface area contributed by atoms with Gasteiger partial charge >= 0.3 is 0 Å². The summed E-state index contributed by atoms with van der Waals surface area (Å²) in [7, 11) is 0. The first-order valence-corrected chi connectivity index (χ1v) is 18.4. The van der Waals surface area contributed by atoms with E-state index < -0.39 is 0 Å². The first-order chi connectivity index (χ1) is 27.2. The molecule has 10 rings (SSSR count). The SMILES string of the molecule is c1ccc(-c2cc(-c3ccc(-c4cc(-c5ccc(C6c7ccccc7-c7ccccc76)cc5)cc(-c5ccccn5)n4)nc3)nc(-c3ccccc3)n2)cc1. The lowest BCUT2D eigenvalue weighted by Gasteiger charge is -2.15. The minimum atomic E-state index is 0.198. The minimum absolute atomic E-state index is 0.198. The van der Waals surface area contributed by atoms with Crippen LogP contribution < -0.4 is 0 Å². The summed E-state index contributed by atoms with van der Waals surface area (Å²) >= 11 is 0. The number of nitrogens with zero attached hydrogens (tertiary/aromatic N) is 5. The van der Waals surface area contributed by atoms with Crippen LogP contribution in [0.5, 0.6) is 0 Å². The third kappa shape index (κ3) is 6.18. The van der Waals surface area contributed by atoms with Crippen molar-refractivity contribution in [1.82, 2.24) is 24.9 Å². The second-order valence-corrected chi connectivity index (χ2v) is 13.7. The van der Waals surface area contributed by atoms with Crippen LogP contribution in [0.2, 0.25) is 0 Å². The summed E-state index contributed by atoms with van der Waals surface area (Å²) in [6, 6.07) is 63.1. The fourth-order valence-corrected chi connectivity index (χ4v) is 7.62. The smallest absolute Gasteiger partial charge is 0.160 e. The molecule has 9 aromatic rings. The van der Waals surface area contributed by atoms with Gasteiger partial charge in [0.1, 0.15) is 0 Å². The molecule has 0 unspecified atom stereocenters. The molecule has 0 aliphatic heterocycles. The van der Waals surface area contributed by atoms with E-state index in [0.717, 1.165) is 62.0 Å². The highest BCUT2D eigenvalue weighted by Crippen LogP contribution is 2.48. The Labute approximate surface area is 319 Å². The van der Waals surface area contributed by atoms with Crippen LogP contribution >= 0.6 is 0 Å². The second kappa shape index (κ2) is 13.9. The topological polar surface area (TPSA) is 64.5 Å². The molecule has 5 heteroatoms. The lowest BCUT2D eigenvalue weighted by atomic mass is 9.88. The molecule has 4 aromatic heterocycles. The third-order valence-corrected chi connectivity index (χ3v) is 10.3. The van der Waals surface area contributed by atoms with E-state index in [9.17, 15) is 0 Å². The average molecular weight is 704 g/mol. The quantitative estimate of drug-likeness (QED) is 0.165. The highest BCUT2D eigenvalue weighted by molar-refractivity contribution is 5.81. The molecule has 258 valence electrons. The van der Waals surface area contributed by atoms with Gasteiger partial charge in [-0.2, -0.15) is 0 Å². The second-order valence-electron chi connectivity index (χ2n) is 13.7. The number of hydrogen-bond acceptors (Lipinski definition) is 5. The Morgan fingerprint density at radius 3 is 1.51 bits per heavy atom. The molecule has 0 N–H and O–H groups in total. The van der Waals surface area contributed by atoms with Gasteiger partial charge in [-0.05, 0) is 81.4 Å². The lowest BCUT2D eigenvalue weighted by Crippen LogP contribution is -1.99. The van der Waals surface area contributed by atoms with Crippen molar-refractivity contribution in [3.05, 3.63) is 211 Å². The molecule has 0 spiro atoms. The van der Waals surface area contributed by atoms with Crippen LogP contribution in [0.1, 0.15) is 22.6 Å². The Morgan fingerprint density at radius 2 is 0.891 bits per heavy atom. The van der Waals surface area contributed by atoms with Gasteiger partial charge in [0.15, 0.2) is 5.82 Å². The maximum atomic E-state index is 5.09. The van der Waals surface area contributed by atoms with Crippen molar-refractivity contribution in [1.29, 1.82) is 0 Å². The minimum Gasteiger partial charge on any atom is -0.255 e. The molecule has 5 nitrogen and oxygen atoms in total. The van der Waals surface area contributed by atoms with Crippen molar-refractivity contribution >= 4 is 0 Å². The molecule has 0 fully saturated rings. The lowest BCUT2D eigenvalue weighted by molar-refractivity contribution is 1.02. The van der Waals surface area contributed by atoms with E-state index in [0.29, 0.717) is 5.82 Å². The van der Waals surface area contributed by atoms with Gasteiger partial charge in [-0.1, -0.05) is 140 Å². The van der Waals surface area contributed by atoms with Crippen molar-refractivity contribution in [2.75, 3.05) is 0 Å². The highest BCUT2D eigenvalue weighted by Gasteiger charge is 2.29. The van der Waals surface area contributed by atoms with E-state index in [-0.39, 0.29) is 5.92 Å². The largest absolute Gasteiger partial charge is 0.255 e. The van der Waals surface area contributed by atoms with Gasteiger partial charge < -0.3 is 0 Å². The molecule has 0 atom stereocenters. The number of benzene rings is 5. The zero-order valence-electron chi connectivity index (χ0n) is 29.8. The van der Waals surface area contributed by atoms with Gasteiger partial charge in [-0.15, -0.1) is 0 Å². The van der Waals surface area contributed by atoms with E-state index in [1.807, 2.05) is 85.1 Å². The van der Waals surface area contributed by atoms with Gasteiger partial charge in [0.05, 0.1) is 34.2 Å². The molecule has 1 aliphatic carbocycles. The molecule has 4 heterocycles. The van der Waals surface area contributed by atoms with Crippen molar-refractivity contribution in [3.63, 3.8) is 0 Å². The van der Waals surface area contributed by atoms with Gasteiger partial charge in [0.2, 0.25) is 0 Å². The molecule has 0 saturated heterocycles. The van der Waals surface area contributed by atoms with Crippen molar-refractivity contribution in [2.24, 2.45) is 0 Å². The van der Waals surface area contributed by atoms with Crippen LogP contribution in [-0.2, 0) is 0 Å². The fraction of sp³-hybridized carbons (Fsp3) is 0.0200. The van der Waals surface area contributed by atoms with Gasteiger partial charge in [0, 0.05) is 35.0 Å². The van der Waals surface area contributed by atoms with Crippen LogP contribution in [-0.4, -0.2) is 24.9 Å². The summed E-state index contributed by atoms with van der Waals surface area (Å²) in [5, 5.41) is 0. The predicted octanol–water partition coefficient (Wildman–Crippen LogP) is 11.8. The molecule has 0 bridgehead atoms. The fourth-order valence-electron chi connectivity index (χ4n) is 7.62. The van der Waals surface area contributed by atoms with Crippen molar-refractivity contribution in [2.45, 2.75) is 5.92 Å². The summed E-state index contributed by atoms with van der Waals surface area (Å²) in [6.45, 7) is 0. The van der Waals surface area contributed by atoms with Gasteiger partial charge in [0.25, 0.3) is 0 Å². The van der Waals surface area contributed by atoms with E-state index in [4.69, 9.17) is 19.9 Å². The van der Waals surface area contributed by atoms with Crippen molar-refractivity contribution in [3.8, 4) is 78.9 Å². The molecule has 0 amide bonds. The molecule has 0 radical (unpaired) electrons. The number of rotatable bonds is 7. The van der Waals surface area contributed by atoms with E-state index in [1.54, 1.807) is 6.20 Å². The van der Waals surface area contributed by atoms with E-state index in [1.165, 1.54) is 27.8 Å². The number of pyridine rings is 3. The Hall–Kier alpha value is -7.37. The van der Waals surface area contributed by atoms with E-state index >= 15 is 0 Å². The first-order valence-electron chi connectivity index (χ1n) is 18.4. The first kappa shape index (κ1) is 32.3. The molecular formula is C50H33N5. The zero-order valence-corrected chi connectivity index (χ0v) is 29.8. The Bertz CT molecular complexity index is 2680. The highest BCUT2D eigenvalue weighted by atomic mass is 14.9. The summed E-state index contributed by atoms with van der Waals surface area (Å²) in [5.41, 5.74) is 16.4. The molecule has 1 aliphatic rings. The normalized spacial score (nSPS) is 11.9. The summed E-state index contributed by atoms with van der Waals surface area (Å²) in [4.78, 5) is 24.6. The summed E-state index contributed by atoms with van der Waals surface area (Å²) < 4.78 is 0. The molecule has 0 saturated carbocycles.